The first-order valence-electron chi connectivity index (χ1n) is 6.95. The fourth-order valence-corrected chi connectivity index (χ4v) is 2.30. The van der Waals surface area contributed by atoms with Crippen molar-refractivity contribution in [3.63, 3.8) is 0 Å². The van der Waals surface area contributed by atoms with Crippen molar-refractivity contribution in [1.29, 1.82) is 0 Å². The molecule has 0 aromatic heterocycles. The molecule has 0 fully saturated rings. The van der Waals surface area contributed by atoms with Crippen LogP contribution < -0.4 is 15.1 Å². The summed E-state index contributed by atoms with van der Waals surface area (Å²) in [7, 11) is 5.49. The number of nitrogens with zero attached hydrogens (tertiary/aromatic N) is 2. The summed E-state index contributed by atoms with van der Waals surface area (Å²) in [5.74, 6) is 0.167. The Kier molecular flexibility index (Phi) is 5.76. The third-order valence-corrected chi connectivity index (χ3v) is 3.69. The van der Waals surface area contributed by atoms with Crippen molar-refractivity contribution in [3.05, 3.63) is 58.1 Å². The molecule has 0 saturated heterocycles. The SMILES string of the molecule is COc1ccc(Br)cc1C(=O)N/N=C/c1ccc(N(C)C)cc1. The zero-order valence-electron chi connectivity index (χ0n) is 13.2. The van der Waals surface area contributed by atoms with Crippen LogP contribution in [0.3, 0.4) is 0 Å². The van der Waals surface area contributed by atoms with Crippen LogP contribution in [0.5, 0.6) is 5.75 Å². The molecule has 23 heavy (non-hydrogen) atoms. The normalized spacial score (nSPS) is 10.6. The third-order valence-electron chi connectivity index (χ3n) is 3.20. The van der Waals surface area contributed by atoms with Crippen LogP contribution in [0.15, 0.2) is 52.0 Å². The van der Waals surface area contributed by atoms with Crippen LogP contribution in [0, 0.1) is 0 Å². The molecule has 0 unspecified atom stereocenters. The molecule has 2 aromatic rings. The monoisotopic (exact) mass is 375 g/mol. The molecule has 0 aliphatic rings. The standard InChI is InChI=1S/C17H18BrN3O2/c1-21(2)14-7-4-12(5-8-14)11-19-20-17(22)15-10-13(18)6-9-16(15)23-3/h4-11H,1-3H3,(H,20,22)/b19-11+. The Bertz CT molecular complexity index is 712. The van der Waals surface area contributed by atoms with Crippen molar-refractivity contribution in [2.75, 3.05) is 26.1 Å². The lowest BCUT2D eigenvalue weighted by atomic mass is 10.2. The van der Waals surface area contributed by atoms with Crippen molar-refractivity contribution < 1.29 is 9.53 Å². The Morgan fingerprint density at radius 3 is 2.52 bits per heavy atom. The molecule has 0 aliphatic heterocycles. The number of methoxy groups -OCH3 is 1. The Morgan fingerprint density at radius 1 is 1.22 bits per heavy atom. The first-order valence-corrected chi connectivity index (χ1v) is 7.75. The van der Waals surface area contributed by atoms with E-state index >= 15 is 0 Å². The van der Waals surface area contributed by atoms with Crippen molar-refractivity contribution in [2.45, 2.75) is 0 Å². The number of hydrogen-bond acceptors (Lipinski definition) is 4. The van der Waals surface area contributed by atoms with Crippen LogP contribution in [0.25, 0.3) is 0 Å². The number of carbonyl (C=O) groups excluding carboxylic acids is 1. The zero-order chi connectivity index (χ0) is 16.8. The van der Waals surface area contributed by atoms with Crippen LogP contribution in [0.1, 0.15) is 15.9 Å². The third kappa shape index (κ3) is 4.56. The van der Waals surface area contributed by atoms with Crippen LogP contribution in [-0.4, -0.2) is 33.3 Å². The van der Waals surface area contributed by atoms with Gasteiger partial charge in [0.15, 0.2) is 0 Å². The summed E-state index contributed by atoms with van der Waals surface area (Å²) in [6, 6.07) is 13.1. The number of amides is 1. The fraction of sp³-hybridized carbons (Fsp3) is 0.176. The predicted molar refractivity (Wildman–Crippen MR) is 96.5 cm³/mol. The molecule has 0 radical (unpaired) electrons. The lowest BCUT2D eigenvalue weighted by molar-refractivity contribution is 0.0952. The van der Waals surface area contributed by atoms with E-state index in [1.807, 2.05) is 49.3 Å². The fourth-order valence-electron chi connectivity index (χ4n) is 1.94. The molecule has 0 spiro atoms. The van der Waals surface area contributed by atoms with Crippen molar-refractivity contribution >= 4 is 33.7 Å². The summed E-state index contributed by atoms with van der Waals surface area (Å²) in [5.41, 5.74) is 4.93. The lowest BCUT2D eigenvalue weighted by Gasteiger charge is -2.11. The highest BCUT2D eigenvalue weighted by Crippen LogP contribution is 2.22. The largest absolute Gasteiger partial charge is 0.496 e. The Balaban J connectivity index is 2.05. The topological polar surface area (TPSA) is 53.9 Å². The summed E-state index contributed by atoms with van der Waals surface area (Å²) < 4.78 is 5.98. The molecule has 6 heteroatoms. The Morgan fingerprint density at radius 2 is 1.91 bits per heavy atom. The van der Waals surface area contributed by atoms with E-state index in [2.05, 4.69) is 26.5 Å². The van der Waals surface area contributed by atoms with E-state index in [1.165, 1.54) is 7.11 Å². The van der Waals surface area contributed by atoms with E-state index in [9.17, 15) is 4.79 Å². The van der Waals surface area contributed by atoms with Crippen LogP contribution in [0.2, 0.25) is 0 Å². The van der Waals surface area contributed by atoms with Crippen molar-refractivity contribution in [2.24, 2.45) is 5.10 Å². The van der Waals surface area contributed by atoms with Gasteiger partial charge >= 0.3 is 0 Å². The molecule has 1 amide bonds. The molecule has 120 valence electrons. The van der Waals surface area contributed by atoms with Crippen LogP contribution in [0.4, 0.5) is 5.69 Å². The van der Waals surface area contributed by atoms with Gasteiger partial charge in [0.05, 0.1) is 18.9 Å². The second-order valence-corrected chi connectivity index (χ2v) is 5.95. The average molecular weight is 376 g/mol. The minimum Gasteiger partial charge on any atom is -0.496 e. The van der Waals surface area contributed by atoms with Gasteiger partial charge in [-0.1, -0.05) is 28.1 Å². The van der Waals surface area contributed by atoms with Gasteiger partial charge < -0.3 is 9.64 Å². The molecule has 5 nitrogen and oxygen atoms in total. The summed E-state index contributed by atoms with van der Waals surface area (Å²) in [6.45, 7) is 0. The zero-order valence-corrected chi connectivity index (χ0v) is 14.8. The first kappa shape index (κ1) is 17.0. The number of rotatable bonds is 5. The minimum atomic E-state index is -0.329. The molecule has 2 aromatic carbocycles. The second-order valence-electron chi connectivity index (χ2n) is 5.03. The molecule has 0 saturated carbocycles. The number of carbonyl (C=O) groups is 1. The van der Waals surface area contributed by atoms with Gasteiger partial charge in [-0.25, -0.2) is 5.43 Å². The molecule has 0 bridgehead atoms. The molecule has 0 heterocycles. The van der Waals surface area contributed by atoms with E-state index < -0.39 is 0 Å². The quantitative estimate of drug-likeness (QED) is 0.644. The highest BCUT2D eigenvalue weighted by molar-refractivity contribution is 9.10. The maximum Gasteiger partial charge on any atom is 0.275 e. The number of nitrogens with one attached hydrogen (secondary N) is 1. The van der Waals surface area contributed by atoms with Gasteiger partial charge in [-0.3, -0.25) is 4.79 Å². The summed E-state index contributed by atoms with van der Waals surface area (Å²) in [5, 5.41) is 3.99. The minimum absolute atomic E-state index is 0.329. The summed E-state index contributed by atoms with van der Waals surface area (Å²) >= 11 is 3.34. The maximum atomic E-state index is 12.2. The molecule has 1 N–H and O–H groups in total. The van der Waals surface area contributed by atoms with E-state index in [1.54, 1.807) is 18.3 Å². The predicted octanol–water partition coefficient (Wildman–Crippen LogP) is 3.29. The van der Waals surface area contributed by atoms with E-state index in [0.717, 1.165) is 15.7 Å². The maximum absolute atomic E-state index is 12.2. The summed E-state index contributed by atoms with van der Waals surface area (Å²) in [4.78, 5) is 14.2. The number of hydrazone groups is 1. The van der Waals surface area contributed by atoms with Crippen LogP contribution >= 0.6 is 15.9 Å². The second kappa shape index (κ2) is 7.78. The Labute approximate surface area is 144 Å². The van der Waals surface area contributed by atoms with Gasteiger partial charge in [0, 0.05) is 24.3 Å². The highest BCUT2D eigenvalue weighted by Gasteiger charge is 2.11. The molecular formula is C17H18BrN3O2. The number of hydrogen-bond donors (Lipinski definition) is 1. The number of halogens is 1. The van der Waals surface area contributed by atoms with Crippen molar-refractivity contribution in [1.82, 2.24) is 5.43 Å². The molecule has 0 atom stereocenters. The Hall–Kier alpha value is -2.34. The van der Waals surface area contributed by atoms with Crippen molar-refractivity contribution in [3.8, 4) is 5.75 Å². The summed E-state index contributed by atoms with van der Waals surface area (Å²) in [6.07, 6.45) is 1.60. The lowest BCUT2D eigenvalue weighted by Crippen LogP contribution is -2.18. The van der Waals surface area contributed by atoms with Gasteiger partial charge in [-0.2, -0.15) is 5.10 Å². The average Bonchev–Trinajstić information content (AvgIpc) is 2.55. The van der Waals surface area contributed by atoms with E-state index in [0.29, 0.717) is 11.3 Å². The van der Waals surface area contributed by atoms with Gasteiger partial charge in [-0.05, 0) is 35.9 Å². The van der Waals surface area contributed by atoms with E-state index in [-0.39, 0.29) is 5.91 Å². The first-order chi connectivity index (χ1) is 11.0. The van der Waals surface area contributed by atoms with Gasteiger partial charge in [0.1, 0.15) is 5.75 Å². The van der Waals surface area contributed by atoms with Crippen LogP contribution in [-0.2, 0) is 0 Å². The molecular weight excluding hydrogens is 358 g/mol. The molecule has 0 aliphatic carbocycles. The van der Waals surface area contributed by atoms with E-state index in [4.69, 9.17) is 4.74 Å². The number of benzene rings is 2. The number of ether oxygens (including phenoxy) is 1. The smallest absolute Gasteiger partial charge is 0.275 e. The highest BCUT2D eigenvalue weighted by atomic mass is 79.9. The van der Waals surface area contributed by atoms with Gasteiger partial charge in [0.25, 0.3) is 5.91 Å². The molecule has 2 rings (SSSR count). The van der Waals surface area contributed by atoms with Gasteiger partial charge in [0.2, 0.25) is 0 Å². The van der Waals surface area contributed by atoms with Gasteiger partial charge in [-0.15, -0.1) is 0 Å². The number of anilines is 1.